The highest BCUT2D eigenvalue weighted by molar-refractivity contribution is 6.32. The number of methoxy groups -OCH3 is 1. The zero-order valence-corrected chi connectivity index (χ0v) is 21.7. The molecule has 182 valence electrons. The molecule has 1 atom stereocenters. The van der Waals surface area contributed by atoms with Crippen LogP contribution in [-0.2, 0) is 6.61 Å². The van der Waals surface area contributed by atoms with E-state index in [9.17, 15) is 0 Å². The molecule has 0 aliphatic carbocycles. The minimum atomic E-state index is 0.331. The fourth-order valence-electron chi connectivity index (χ4n) is 4.69. The van der Waals surface area contributed by atoms with Crippen LogP contribution < -0.4 is 14.4 Å². The van der Waals surface area contributed by atoms with Crippen LogP contribution in [0.1, 0.15) is 46.7 Å². The molecule has 1 unspecified atom stereocenters. The highest BCUT2D eigenvalue weighted by atomic mass is 35.5. The second kappa shape index (κ2) is 10.3. The van der Waals surface area contributed by atoms with Crippen LogP contribution in [0.4, 0.5) is 5.69 Å². The Bertz CT molecular complexity index is 1130. The van der Waals surface area contributed by atoms with Gasteiger partial charge in [0, 0.05) is 44.0 Å². The first-order valence-corrected chi connectivity index (χ1v) is 12.1. The average Bonchev–Trinajstić information content (AvgIpc) is 3.17. The minimum Gasteiger partial charge on any atom is -0.495 e. The molecule has 0 spiro atoms. The van der Waals surface area contributed by atoms with E-state index in [1.165, 1.54) is 16.7 Å². The van der Waals surface area contributed by atoms with Gasteiger partial charge in [0.2, 0.25) is 0 Å². The van der Waals surface area contributed by atoms with Crippen molar-refractivity contribution in [2.24, 2.45) is 0 Å². The van der Waals surface area contributed by atoms with Gasteiger partial charge in [-0.1, -0.05) is 22.8 Å². The van der Waals surface area contributed by atoms with Crippen LogP contribution in [0.15, 0.2) is 34.9 Å². The Labute approximate surface area is 207 Å². The van der Waals surface area contributed by atoms with E-state index in [4.69, 9.17) is 25.6 Å². The van der Waals surface area contributed by atoms with Crippen LogP contribution in [0.5, 0.6) is 11.5 Å². The molecule has 0 saturated carbocycles. The average molecular weight is 484 g/mol. The van der Waals surface area contributed by atoms with Gasteiger partial charge in [-0.05, 0) is 69.5 Å². The summed E-state index contributed by atoms with van der Waals surface area (Å²) in [7, 11) is 1.65. The SMILES string of the molecule is COc1cc(N2CCN(C(C)c3ccc(OCc4c(C)noc4C)c(C)c3C)CC2)ccc1Cl. The van der Waals surface area contributed by atoms with E-state index >= 15 is 0 Å². The summed E-state index contributed by atoms with van der Waals surface area (Å²) in [4.78, 5) is 4.95. The van der Waals surface area contributed by atoms with Crippen molar-refractivity contribution in [2.45, 2.75) is 47.3 Å². The zero-order valence-electron chi connectivity index (χ0n) is 20.9. The van der Waals surface area contributed by atoms with E-state index in [0.29, 0.717) is 17.7 Å². The van der Waals surface area contributed by atoms with E-state index in [2.05, 4.69) is 53.9 Å². The maximum atomic E-state index is 6.20. The molecule has 0 N–H and O–H groups in total. The summed E-state index contributed by atoms with van der Waals surface area (Å²) in [6.07, 6.45) is 0. The number of aromatic nitrogens is 1. The first-order chi connectivity index (χ1) is 16.3. The number of hydrogen-bond donors (Lipinski definition) is 0. The lowest BCUT2D eigenvalue weighted by molar-refractivity contribution is 0.198. The molecular formula is C27H34ClN3O3. The third-order valence-corrected chi connectivity index (χ3v) is 7.46. The van der Waals surface area contributed by atoms with Gasteiger partial charge in [0.25, 0.3) is 0 Å². The molecule has 1 aromatic heterocycles. The van der Waals surface area contributed by atoms with Crippen molar-refractivity contribution < 1.29 is 14.0 Å². The molecule has 6 nitrogen and oxygen atoms in total. The van der Waals surface area contributed by atoms with Crippen LogP contribution in [0.25, 0.3) is 0 Å². The van der Waals surface area contributed by atoms with E-state index in [1.54, 1.807) is 7.11 Å². The monoisotopic (exact) mass is 483 g/mol. The van der Waals surface area contributed by atoms with Crippen molar-refractivity contribution in [3.8, 4) is 11.5 Å². The summed E-state index contributed by atoms with van der Waals surface area (Å²) in [5, 5.41) is 4.66. The Balaban J connectivity index is 1.41. The van der Waals surface area contributed by atoms with Crippen molar-refractivity contribution in [2.75, 3.05) is 38.2 Å². The number of aryl methyl sites for hydroxylation is 2. The van der Waals surface area contributed by atoms with Crippen LogP contribution in [-0.4, -0.2) is 43.3 Å². The Hall–Kier alpha value is -2.70. The topological polar surface area (TPSA) is 51.0 Å². The smallest absolute Gasteiger partial charge is 0.140 e. The molecular weight excluding hydrogens is 450 g/mol. The maximum Gasteiger partial charge on any atom is 0.140 e. The summed E-state index contributed by atoms with van der Waals surface area (Å²) in [6.45, 7) is 14.9. The summed E-state index contributed by atoms with van der Waals surface area (Å²) in [5.74, 6) is 2.45. The lowest BCUT2D eigenvalue weighted by Gasteiger charge is -2.40. The minimum absolute atomic E-state index is 0.331. The van der Waals surface area contributed by atoms with Gasteiger partial charge in [-0.25, -0.2) is 0 Å². The fraction of sp³-hybridized carbons (Fsp3) is 0.444. The van der Waals surface area contributed by atoms with Gasteiger partial charge in [-0.2, -0.15) is 0 Å². The van der Waals surface area contributed by atoms with Gasteiger partial charge in [0.1, 0.15) is 23.9 Å². The molecule has 2 heterocycles. The quantitative estimate of drug-likeness (QED) is 0.408. The second-order valence-electron chi connectivity index (χ2n) is 9.01. The van der Waals surface area contributed by atoms with Gasteiger partial charge in [0.15, 0.2) is 0 Å². The number of anilines is 1. The predicted molar refractivity (Wildman–Crippen MR) is 136 cm³/mol. The molecule has 0 amide bonds. The van der Waals surface area contributed by atoms with Crippen LogP contribution in [0.2, 0.25) is 5.02 Å². The molecule has 1 fully saturated rings. The number of rotatable bonds is 7. The third-order valence-electron chi connectivity index (χ3n) is 7.14. The Morgan fingerprint density at radius 3 is 2.38 bits per heavy atom. The zero-order chi connectivity index (χ0) is 24.4. The first kappa shape index (κ1) is 24.4. The molecule has 1 saturated heterocycles. The van der Waals surface area contributed by atoms with Crippen LogP contribution in [0, 0.1) is 27.7 Å². The Kier molecular flexibility index (Phi) is 7.39. The summed E-state index contributed by atoms with van der Waals surface area (Å²) < 4.78 is 16.8. The maximum absolute atomic E-state index is 6.20. The van der Waals surface area contributed by atoms with Crippen molar-refractivity contribution >= 4 is 17.3 Å². The lowest BCUT2D eigenvalue weighted by Crippen LogP contribution is -2.47. The van der Waals surface area contributed by atoms with Crippen molar-refractivity contribution in [1.29, 1.82) is 0 Å². The van der Waals surface area contributed by atoms with Gasteiger partial charge in [0.05, 0.1) is 23.4 Å². The number of nitrogens with zero attached hydrogens (tertiary/aromatic N) is 3. The molecule has 4 rings (SSSR count). The summed E-state index contributed by atoms with van der Waals surface area (Å²) in [6, 6.07) is 10.6. The number of ether oxygens (including phenoxy) is 2. The van der Waals surface area contributed by atoms with E-state index in [1.807, 2.05) is 26.0 Å². The van der Waals surface area contributed by atoms with E-state index in [-0.39, 0.29) is 0 Å². The van der Waals surface area contributed by atoms with Crippen molar-refractivity contribution in [3.63, 3.8) is 0 Å². The van der Waals surface area contributed by atoms with Crippen LogP contribution in [0.3, 0.4) is 0 Å². The largest absolute Gasteiger partial charge is 0.495 e. The first-order valence-electron chi connectivity index (χ1n) is 11.8. The molecule has 3 aromatic rings. The number of piperazine rings is 1. The van der Waals surface area contributed by atoms with Crippen molar-refractivity contribution in [3.05, 3.63) is 69.1 Å². The molecule has 1 aliphatic rings. The van der Waals surface area contributed by atoms with E-state index in [0.717, 1.165) is 60.4 Å². The number of halogens is 1. The molecule has 0 radical (unpaired) electrons. The van der Waals surface area contributed by atoms with E-state index < -0.39 is 0 Å². The standard InChI is InChI=1S/C27H34ClN3O3/c1-17-18(2)26(33-16-24-19(3)29-34-21(24)5)10-8-23(17)20(4)30-11-13-31(14-12-30)22-7-9-25(28)27(15-22)32-6/h7-10,15,20H,11-14,16H2,1-6H3. The van der Waals surface area contributed by atoms with Gasteiger partial charge >= 0.3 is 0 Å². The fourth-order valence-corrected chi connectivity index (χ4v) is 4.89. The lowest BCUT2D eigenvalue weighted by atomic mass is 9.96. The van der Waals surface area contributed by atoms with Gasteiger partial charge < -0.3 is 18.9 Å². The van der Waals surface area contributed by atoms with Crippen molar-refractivity contribution in [1.82, 2.24) is 10.1 Å². The molecule has 1 aliphatic heterocycles. The molecule has 7 heteroatoms. The molecule has 0 bridgehead atoms. The molecule has 2 aromatic carbocycles. The Morgan fingerprint density at radius 2 is 1.74 bits per heavy atom. The summed E-state index contributed by atoms with van der Waals surface area (Å²) >= 11 is 6.20. The number of benzene rings is 2. The second-order valence-corrected chi connectivity index (χ2v) is 9.42. The highest BCUT2D eigenvalue weighted by Crippen LogP contribution is 2.33. The predicted octanol–water partition coefficient (Wildman–Crippen LogP) is 6.03. The third kappa shape index (κ3) is 4.89. The van der Waals surface area contributed by atoms with Gasteiger partial charge in [-0.3, -0.25) is 4.90 Å². The van der Waals surface area contributed by atoms with Crippen LogP contribution >= 0.6 is 11.6 Å². The Morgan fingerprint density at radius 1 is 1.00 bits per heavy atom. The molecule has 34 heavy (non-hydrogen) atoms. The summed E-state index contributed by atoms with van der Waals surface area (Å²) in [5.41, 5.74) is 6.87. The van der Waals surface area contributed by atoms with Gasteiger partial charge in [-0.15, -0.1) is 0 Å². The number of hydrogen-bond acceptors (Lipinski definition) is 6. The normalized spacial score (nSPS) is 15.4. The highest BCUT2D eigenvalue weighted by Gasteiger charge is 2.24.